The normalized spacial score (nSPS) is 43.8. The molecule has 102 valence electrons. The second-order valence-corrected chi connectivity index (χ2v) is 4.68. The Morgan fingerprint density at radius 3 is 2.89 bits per heavy atom. The first-order valence-electron chi connectivity index (χ1n) is 5.59. The van der Waals surface area contributed by atoms with Crippen LogP contribution >= 0.6 is 0 Å². The molecule has 0 aromatic carbocycles. The molecule has 19 heavy (non-hydrogen) atoms. The molecule has 0 spiro atoms. The summed E-state index contributed by atoms with van der Waals surface area (Å²) in [5, 5.41) is 19.6. The monoisotopic (exact) mass is 269 g/mol. The second kappa shape index (κ2) is 3.41. The summed E-state index contributed by atoms with van der Waals surface area (Å²) >= 11 is 0. The number of ether oxygens (including phenoxy) is 1. The van der Waals surface area contributed by atoms with Crippen LogP contribution in [0, 0.1) is 0 Å². The largest absolute Gasteiger partial charge is 0.386 e. The van der Waals surface area contributed by atoms with Gasteiger partial charge in [-0.25, -0.2) is 9.18 Å². The lowest BCUT2D eigenvalue weighted by Crippen LogP contribution is -2.38. The Balaban J connectivity index is 2.02. The standard InChI is InChI=1S/C11H12FN3O4/c1-2-10-8(16)11(10,18)6(12)7(19-10)15-4-3-5(13)14-9(15)17/h2-4,6-8,16,18H,1H2,(H2,13,14,17)/t6-,7+,8?,10+,11-/m0/s1. The Hall–Kier alpha value is -1.77. The maximum absolute atomic E-state index is 14.3. The van der Waals surface area contributed by atoms with Crippen LogP contribution < -0.4 is 11.4 Å². The van der Waals surface area contributed by atoms with Crippen molar-refractivity contribution in [2.75, 3.05) is 5.73 Å². The second-order valence-electron chi connectivity index (χ2n) is 4.68. The smallest absolute Gasteiger partial charge is 0.351 e. The Labute approximate surface area is 106 Å². The van der Waals surface area contributed by atoms with Gasteiger partial charge < -0.3 is 20.7 Å². The first kappa shape index (κ1) is 12.3. The minimum absolute atomic E-state index is 0.00278. The molecule has 0 bridgehead atoms. The number of alkyl halides is 1. The number of nitrogens with zero attached hydrogens (tertiary/aromatic N) is 2. The van der Waals surface area contributed by atoms with Crippen LogP contribution in [0.15, 0.2) is 29.7 Å². The SMILES string of the molecule is C=C[C@]12O[C@@H](n3ccc(N)nc3=O)[C@H](F)[C@]1(O)C2O. The van der Waals surface area contributed by atoms with Crippen molar-refractivity contribution in [2.45, 2.75) is 29.7 Å². The molecule has 1 unspecified atom stereocenters. The number of halogens is 1. The highest BCUT2D eigenvalue weighted by atomic mass is 19.1. The van der Waals surface area contributed by atoms with Gasteiger partial charge in [-0.05, 0) is 6.07 Å². The number of hydrogen-bond donors (Lipinski definition) is 3. The summed E-state index contributed by atoms with van der Waals surface area (Å²) in [4.78, 5) is 15.1. The van der Waals surface area contributed by atoms with Crippen LogP contribution in [0.5, 0.6) is 0 Å². The highest BCUT2D eigenvalue weighted by molar-refractivity contribution is 5.41. The van der Waals surface area contributed by atoms with Gasteiger partial charge in [-0.3, -0.25) is 4.57 Å². The Morgan fingerprint density at radius 1 is 1.68 bits per heavy atom. The minimum Gasteiger partial charge on any atom is -0.386 e. The summed E-state index contributed by atoms with van der Waals surface area (Å²) in [5.41, 5.74) is 0.864. The third kappa shape index (κ3) is 1.20. The number of nitrogens with two attached hydrogens (primary N) is 1. The van der Waals surface area contributed by atoms with E-state index < -0.39 is 35.4 Å². The van der Waals surface area contributed by atoms with E-state index in [0.29, 0.717) is 0 Å². The number of hydrogen-bond acceptors (Lipinski definition) is 6. The average molecular weight is 269 g/mol. The van der Waals surface area contributed by atoms with Gasteiger partial charge in [-0.1, -0.05) is 6.08 Å². The number of aliphatic hydroxyl groups excluding tert-OH is 1. The van der Waals surface area contributed by atoms with E-state index in [9.17, 15) is 19.4 Å². The van der Waals surface area contributed by atoms with E-state index in [2.05, 4.69) is 11.6 Å². The summed E-state index contributed by atoms with van der Waals surface area (Å²) in [5.74, 6) is -0.00278. The van der Waals surface area contributed by atoms with Crippen LogP contribution in [0.3, 0.4) is 0 Å². The van der Waals surface area contributed by atoms with Crippen molar-refractivity contribution in [3.05, 3.63) is 35.4 Å². The van der Waals surface area contributed by atoms with Crippen molar-refractivity contribution in [3.63, 3.8) is 0 Å². The molecule has 1 aromatic heterocycles. The van der Waals surface area contributed by atoms with Gasteiger partial charge >= 0.3 is 5.69 Å². The minimum atomic E-state index is -2.08. The summed E-state index contributed by atoms with van der Waals surface area (Å²) < 4.78 is 20.4. The lowest BCUT2D eigenvalue weighted by Gasteiger charge is -2.21. The molecule has 2 aliphatic rings. The molecule has 5 atom stereocenters. The van der Waals surface area contributed by atoms with Gasteiger partial charge in [-0.15, -0.1) is 6.58 Å². The molecule has 0 radical (unpaired) electrons. The fourth-order valence-electron chi connectivity index (χ4n) is 2.60. The molecule has 1 saturated heterocycles. The molecular formula is C11H12FN3O4. The molecule has 1 aliphatic carbocycles. The number of nitrogen functional groups attached to an aromatic ring is 1. The van der Waals surface area contributed by atoms with Crippen molar-refractivity contribution in [3.8, 4) is 0 Å². The first-order chi connectivity index (χ1) is 8.88. The predicted octanol–water partition coefficient (Wildman–Crippen LogP) is -1.28. The third-order valence-corrected chi connectivity index (χ3v) is 3.78. The molecular weight excluding hydrogens is 257 g/mol. The van der Waals surface area contributed by atoms with Crippen LogP contribution in [-0.4, -0.2) is 43.2 Å². The lowest BCUT2D eigenvalue weighted by molar-refractivity contribution is -0.0800. The molecule has 8 heteroatoms. The zero-order valence-electron chi connectivity index (χ0n) is 9.73. The molecule has 3 rings (SSSR count). The van der Waals surface area contributed by atoms with E-state index in [1.165, 1.54) is 12.3 Å². The van der Waals surface area contributed by atoms with Crippen LogP contribution in [0.2, 0.25) is 0 Å². The summed E-state index contributed by atoms with van der Waals surface area (Å²) in [6.45, 7) is 3.42. The zero-order valence-corrected chi connectivity index (χ0v) is 9.73. The van der Waals surface area contributed by atoms with Gasteiger partial charge in [0.2, 0.25) is 0 Å². The van der Waals surface area contributed by atoms with Gasteiger partial charge in [0.25, 0.3) is 0 Å². The van der Waals surface area contributed by atoms with E-state index in [1.54, 1.807) is 0 Å². The highest BCUT2D eigenvalue weighted by Gasteiger charge is 2.87. The number of fused-ring (bicyclic) bond motifs is 1. The average Bonchev–Trinajstić information content (AvgIpc) is 2.73. The topological polar surface area (TPSA) is 111 Å². The first-order valence-corrected chi connectivity index (χ1v) is 5.59. The Kier molecular flexibility index (Phi) is 2.20. The zero-order chi connectivity index (χ0) is 14.0. The highest BCUT2D eigenvalue weighted by Crippen LogP contribution is 2.63. The summed E-state index contributed by atoms with van der Waals surface area (Å²) in [6.07, 6.45) is -2.41. The maximum Gasteiger partial charge on any atom is 0.351 e. The van der Waals surface area contributed by atoms with Crippen molar-refractivity contribution in [1.29, 1.82) is 0 Å². The van der Waals surface area contributed by atoms with E-state index >= 15 is 0 Å². The summed E-state index contributed by atoms with van der Waals surface area (Å²) in [6, 6.07) is 1.31. The molecule has 1 aliphatic heterocycles. The van der Waals surface area contributed by atoms with Crippen molar-refractivity contribution < 1.29 is 19.3 Å². The van der Waals surface area contributed by atoms with E-state index in [0.717, 1.165) is 10.6 Å². The molecule has 1 aromatic rings. The van der Waals surface area contributed by atoms with Crippen LogP contribution in [-0.2, 0) is 4.74 Å². The van der Waals surface area contributed by atoms with Crippen molar-refractivity contribution in [2.24, 2.45) is 0 Å². The maximum atomic E-state index is 14.3. The number of rotatable bonds is 2. The van der Waals surface area contributed by atoms with Gasteiger partial charge in [0.15, 0.2) is 23.6 Å². The Morgan fingerprint density at radius 2 is 2.37 bits per heavy atom. The van der Waals surface area contributed by atoms with E-state index in [4.69, 9.17) is 10.5 Å². The van der Waals surface area contributed by atoms with Gasteiger partial charge in [0, 0.05) is 6.20 Å². The molecule has 2 fully saturated rings. The van der Waals surface area contributed by atoms with Crippen molar-refractivity contribution >= 4 is 5.82 Å². The van der Waals surface area contributed by atoms with Gasteiger partial charge in [-0.2, -0.15) is 4.98 Å². The lowest BCUT2D eigenvalue weighted by atomic mass is 10.1. The number of aromatic nitrogens is 2. The van der Waals surface area contributed by atoms with Crippen LogP contribution in [0.25, 0.3) is 0 Å². The fraction of sp³-hybridized carbons (Fsp3) is 0.455. The quantitative estimate of drug-likeness (QED) is 0.577. The van der Waals surface area contributed by atoms with Crippen LogP contribution in [0.1, 0.15) is 6.23 Å². The molecule has 2 heterocycles. The van der Waals surface area contributed by atoms with E-state index in [-0.39, 0.29) is 5.82 Å². The fourth-order valence-corrected chi connectivity index (χ4v) is 2.60. The third-order valence-electron chi connectivity index (χ3n) is 3.78. The van der Waals surface area contributed by atoms with Crippen LogP contribution in [0.4, 0.5) is 10.2 Å². The van der Waals surface area contributed by atoms with Crippen molar-refractivity contribution in [1.82, 2.24) is 9.55 Å². The summed E-state index contributed by atoms with van der Waals surface area (Å²) in [7, 11) is 0. The molecule has 7 nitrogen and oxygen atoms in total. The Bertz CT molecular complexity index is 620. The predicted molar refractivity (Wildman–Crippen MR) is 61.8 cm³/mol. The number of aliphatic hydroxyl groups is 2. The van der Waals surface area contributed by atoms with Gasteiger partial charge in [0.1, 0.15) is 11.9 Å². The number of anilines is 1. The molecule has 4 N–H and O–H groups in total. The van der Waals surface area contributed by atoms with Gasteiger partial charge in [0.05, 0.1) is 0 Å². The molecule has 0 amide bonds. The van der Waals surface area contributed by atoms with E-state index in [1.807, 2.05) is 0 Å². The molecule has 1 saturated carbocycles.